The minimum Gasteiger partial charge on any atom is -0.481 e. The van der Waals surface area contributed by atoms with E-state index >= 15 is 0 Å². The van der Waals surface area contributed by atoms with E-state index in [1.54, 1.807) is 0 Å². The zero-order valence-corrected chi connectivity index (χ0v) is 9.12. The Bertz CT molecular complexity index is 249. The highest BCUT2D eigenvalue weighted by Gasteiger charge is 2.50. The number of carboxylic acids is 1. The molecule has 1 N–H and O–H groups in total. The summed E-state index contributed by atoms with van der Waals surface area (Å²) in [6.45, 7) is 4.61. The lowest BCUT2D eigenvalue weighted by Gasteiger charge is -2.42. The molecule has 0 aromatic carbocycles. The van der Waals surface area contributed by atoms with Gasteiger partial charge in [0.15, 0.2) is 0 Å². The molecule has 0 aromatic rings. The number of hydrogen-bond donors (Lipinski definition) is 1. The smallest absolute Gasteiger partial charge is 0.306 e. The van der Waals surface area contributed by atoms with Crippen molar-refractivity contribution in [3.8, 4) is 0 Å². The number of fused-ring (bicyclic) bond motifs is 1. The second-order valence-electron chi connectivity index (χ2n) is 5.51. The molecule has 80 valence electrons. The molecule has 0 bridgehead atoms. The van der Waals surface area contributed by atoms with E-state index in [1.807, 2.05) is 0 Å². The molecule has 2 fully saturated rings. The number of carbonyl (C=O) groups is 1. The Kier molecular flexibility index (Phi) is 2.32. The van der Waals surface area contributed by atoms with Crippen molar-refractivity contribution in [1.82, 2.24) is 0 Å². The van der Waals surface area contributed by atoms with E-state index in [9.17, 15) is 4.79 Å². The van der Waals surface area contributed by atoms with E-state index in [1.165, 1.54) is 19.3 Å². The summed E-state index contributed by atoms with van der Waals surface area (Å²) in [5.41, 5.74) is 0.321. The van der Waals surface area contributed by atoms with Gasteiger partial charge in [-0.25, -0.2) is 0 Å². The Morgan fingerprint density at radius 3 is 2.71 bits per heavy atom. The van der Waals surface area contributed by atoms with Crippen LogP contribution in [-0.4, -0.2) is 11.1 Å². The molecule has 2 heteroatoms. The number of aliphatic carboxylic acids is 1. The van der Waals surface area contributed by atoms with Crippen molar-refractivity contribution >= 4 is 5.97 Å². The van der Waals surface area contributed by atoms with Gasteiger partial charge in [0.2, 0.25) is 0 Å². The standard InChI is InChI=1S/C12H20O2/c1-8-4-3-5-10-6-9(11(13)14)7-12(8,10)2/h8-10H,3-7H2,1-2H3,(H,13,14). The highest BCUT2D eigenvalue weighted by Crippen LogP contribution is 2.56. The average Bonchev–Trinajstić information content (AvgIpc) is 2.45. The predicted octanol–water partition coefficient (Wildman–Crippen LogP) is 2.92. The van der Waals surface area contributed by atoms with Crippen LogP contribution in [0.4, 0.5) is 0 Å². The summed E-state index contributed by atoms with van der Waals surface area (Å²) in [7, 11) is 0. The highest BCUT2D eigenvalue weighted by atomic mass is 16.4. The fraction of sp³-hybridized carbons (Fsp3) is 0.917. The van der Waals surface area contributed by atoms with Crippen LogP contribution in [0.5, 0.6) is 0 Å². The normalized spacial score (nSPS) is 47.4. The SMILES string of the molecule is CC1CCCC2CC(C(=O)O)CC12C. The molecule has 2 aliphatic rings. The summed E-state index contributed by atoms with van der Waals surface area (Å²) < 4.78 is 0. The molecule has 0 aromatic heterocycles. The van der Waals surface area contributed by atoms with Crippen LogP contribution in [0.2, 0.25) is 0 Å². The van der Waals surface area contributed by atoms with Crippen LogP contribution < -0.4 is 0 Å². The van der Waals surface area contributed by atoms with Crippen LogP contribution in [0.25, 0.3) is 0 Å². The van der Waals surface area contributed by atoms with E-state index in [4.69, 9.17) is 5.11 Å². The molecule has 14 heavy (non-hydrogen) atoms. The monoisotopic (exact) mass is 196 g/mol. The Balaban J connectivity index is 2.17. The first-order valence-corrected chi connectivity index (χ1v) is 5.77. The number of hydrogen-bond acceptors (Lipinski definition) is 1. The summed E-state index contributed by atoms with van der Waals surface area (Å²) in [6, 6.07) is 0. The first-order chi connectivity index (χ1) is 6.54. The van der Waals surface area contributed by atoms with Crippen LogP contribution in [0.1, 0.15) is 46.0 Å². The van der Waals surface area contributed by atoms with Crippen molar-refractivity contribution in [3.05, 3.63) is 0 Å². The van der Waals surface area contributed by atoms with E-state index < -0.39 is 5.97 Å². The second-order valence-corrected chi connectivity index (χ2v) is 5.51. The Hall–Kier alpha value is -0.530. The van der Waals surface area contributed by atoms with Gasteiger partial charge in [-0.05, 0) is 36.5 Å². The largest absolute Gasteiger partial charge is 0.481 e. The Morgan fingerprint density at radius 2 is 2.14 bits per heavy atom. The lowest BCUT2D eigenvalue weighted by Crippen LogP contribution is -2.33. The van der Waals surface area contributed by atoms with Gasteiger partial charge in [0.25, 0.3) is 0 Å². The third kappa shape index (κ3) is 1.35. The van der Waals surface area contributed by atoms with Gasteiger partial charge in [-0.1, -0.05) is 26.7 Å². The summed E-state index contributed by atoms with van der Waals surface area (Å²) in [6.07, 6.45) is 5.68. The maximum Gasteiger partial charge on any atom is 0.306 e. The van der Waals surface area contributed by atoms with Crippen molar-refractivity contribution in [2.45, 2.75) is 46.0 Å². The third-order valence-electron chi connectivity index (χ3n) is 4.85. The van der Waals surface area contributed by atoms with E-state index in [-0.39, 0.29) is 5.92 Å². The molecule has 0 spiro atoms. The van der Waals surface area contributed by atoms with Crippen LogP contribution >= 0.6 is 0 Å². The van der Waals surface area contributed by atoms with Crippen LogP contribution in [0.3, 0.4) is 0 Å². The summed E-state index contributed by atoms with van der Waals surface area (Å²) in [4.78, 5) is 11.0. The second kappa shape index (κ2) is 3.25. The summed E-state index contributed by atoms with van der Waals surface area (Å²) in [5, 5.41) is 9.06. The average molecular weight is 196 g/mol. The zero-order valence-electron chi connectivity index (χ0n) is 9.12. The molecule has 0 radical (unpaired) electrons. The molecule has 0 saturated heterocycles. The molecule has 2 saturated carbocycles. The molecule has 4 atom stereocenters. The summed E-state index contributed by atoms with van der Waals surface area (Å²) >= 11 is 0. The number of rotatable bonds is 1. The molecule has 2 rings (SSSR count). The molecule has 0 heterocycles. The maximum absolute atomic E-state index is 11.0. The fourth-order valence-electron chi connectivity index (χ4n) is 3.63. The van der Waals surface area contributed by atoms with E-state index in [0.717, 1.165) is 12.8 Å². The Morgan fingerprint density at radius 1 is 1.43 bits per heavy atom. The van der Waals surface area contributed by atoms with Gasteiger partial charge in [0.1, 0.15) is 0 Å². The van der Waals surface area contributed by atoms with Gasteiger partial charge in [0.05, 0.1) is 5.92 Å². The van der Waals surface area contributed by atoms with Gasteiger partial charge in [-0.15, -0.1) is 0 Å². The van der Waals surface area contributed by atoms with Crippen molar-refractivity contribution in [2.24, 2.45) is 23.2 Å². The molecule has 0 amide bonds. The van der Waals surface area contributed by atoms with Gasteiger partial charge in [0, 0.05) is 0 Å². The van der Waals surface area contributed by atoms with Crippen molar-refractivity contribution in [3.63, 3.8) is 0 Å². The lowest BCUT2D eigenvalue weighted by molar-refractivity contribution is -0.141. The highest BCUT2D eigenvalue weighted by molar-refractivity contribution is 5.70. The topological polar surface area (TPSA) is 37.3 Å². The van der Waals surface area contributed by atoms with Gasteiger partial charge < -0.3 is 5.11 Å². The van der Waals surface area contributed by atoms with E-state index in [2.05, 4.69) is 13.8 Å². The molecular formula is C12H20O2. The minimum absolute atomic E-state index is 0.0643. The van der Waals surface area contributed by atoms with Gasteiger partial charge in [-0.2, -0.15) is 0 Å². The third-order valence-corrected chi connectivity index (χ3v) is 4.85. The first kappa shape index (κ1) is 10.0. The first-order valence-electron chi connectivity index (χ1n) is 5.77. The Labute approximate surface area is 85.7 Å². The minimum atomic E-state index is -0.576. The van der Waals surface area contributed by atoms with Crippen LogP contribution in [0, 0.1) is 23.2 Å². The molecule has 0 aliphatic heterocycles. The van der Waals surface area contributed by atoms with E-state index in [0.29, 0.717) is 17.3 Å². The van der Waals surface area contributed by atoms with Crippen molar-refractivity contribution in [1.29, 1.82) is 0 Å². The molecular weight excluding hydrogens is 176 g/mol. The van der Waals surface area contributed by atoms with Crippen LogP contribution in [0.15, 0.2) is 0 Å². The van der Waals surface area contributed by atoms with Gasteiger partial charge >= 0.3 is 5.97 Å². The van der Waals surface area contributed by atoms with Crippen molar-refractivity contribution < 1.29 is 9.90 Å². The summed E-state index contributed by atoms with van der Waals surface area (Å²) in [5.74, 6) is 0.747. The molecule has 2 aliphatic carbocycles. The zero-order chi connectivity index (χ0) is 10.3. The van der Waals surface area contributed by atoms with Crippen LogP contribution in [-0.2, 0) is 4.79 Å². The number of carboxylic acid groups (broad SMARTS) is 1. The molecule has 4 unspecified atom stereocenters. The molecule has 2 nitrogen and oxygen atoms in total. The predicted molar refractivity (Wildman–Crippen MR) is 55.0 cm³/mol. The fourth-order valence-corrected chi connectivity index (χ4v) is 3.63. The lowest BCUT2D eigenvalue weighted by atomic mass is 9.63. The maximum atomic E-state index is 11.0. The van der Waals surface area contributed by atoms with Gasteiger partial charge in [-0.3, -0.25) is 4.79 Å². The van der Waals surface area contributed by atoms with Crippen molar-refractivity contribution in [2.75, 3.05) is 0 Å². The quantitative estimate of drug-likeness (QED) is 0.700.